The molecule has 1 aromatic heterocycles. The highest BCUT2D eigenvalue weighted by molar-refractivity contribution is 5.93. The molecule has 3 aliphatic rings. The predicted octanol–water partition coefficient (Wildman–Crippen LogP) is 2.06. The number of hydrogen-bond acceptors (Lipinski definition) is 8. The molecule has 1 aliphatic carbocycles. The zero-order valence-corrected chi connectivity index (χ0v) is 18.1. The number of carbonyl (C=O) groups excluding carboxylic acids is 1. The average molecular weight is 485 g/mol. The molecule has 1 fully saturated rings. The van der Waals surface area contributed by atoms with Crippen molar-refractivity contribution in [3.05, 3.63) is 41.8 Å². The maximum atomic E-state index is 15.1. The standard InChI is InChI=1S/C21H23F4N5O4/c1-10-18-17(15(5-22)33-10)21(8-23,30-20(26)34-18)12-4-11(2-3-13(12)25)29-19(31)14-6-28-16(7-27-14)32-9-24/h2-3,6-7,10,12,15,17-18H,4-5,8-9H2,1H3,(H2,26,30)(H,29,31)/t10-,12?,15+,17+,18-,21-/m1/s1. The van der Waals surface area contributed by atoms with Crippen molar-refractivity contribution >= 4 is 11.9 Å². The minimum absolute atomic E-state index is 0.106. The molecule has 1 saturated heterocycles. The highest BCUT2D eigenvalue weighted by Gasteiger charge is 2.62. The minimum Gasteiger partial charge on any atom is -0.459 e. The lowest BCUT2D eigenvalue weighted by Gasteiger charge is -2.46. The molecule has 0 bridgehead atoms. The van der Waals surface area contributed by atoms with E-state index in [1.54, 1.807) is 6.92 Å². The van der Waals surface area contributed by atoms with Crippen LogP contribution >= 0.6 is 0 Å². The summed E-state index contributed by atoms with van der Waals surface area (Å²) in [6.07, 6.45) is 1.91. The van der Waals surface area contributed by atoms with Crippen LogP contribution < -0.4 is 15.8 Å². The monoisotopic (exact) mass is 485 g/mol. The molecule has 3 N–H and O–H groups in total. The van der Waals surface area contributed by atoms with Gasteiger partial charge >= 0.3 is 0 Å². The van der Waals surface area contributed by atoms with Crippen molar-refractivity contribution in [1.29, 1.82) is 0 Å². The van der Waals surface area contributed by atoms with Gasteiger partial charge in [0.05, 0.1) is 30.5 Å². The van der Waals surface area contributed by atoms with Crippen LogP contribution in [0.2, 0.25) is 0 Å². The molecule has 0 saturated carbocycles. The van der Waals surface area contributed by atoms with Gasteiger partial charge in [-0.15, -0.1) is 0 Å². The van der Waals surface area contributed by atoms with Gasteiger partial charge < -0.3 is 25.3 Å². The molecule has 34 heavy (non-hydrogen) atoms. The summed E-state index contributed by atoms with van der Waals surface area (Å²) in [6, 6.07) is -0.340. The number of amides is 1. The summed E-state index contributed by atoms with van der Waals surface area (Å²) < 4.78 is 71.5. The van der Waals surface area contributed by atoms with Crippen molar-refractivity contribution < 1.29 is 36.6 Å². The number of aliphatic imine (C=N–C) groups is 1. The lowest BCUT2D eigenvalue weighted by Crippen LogP contribution is -2.59. The number of nitrogens with two attached hydrogens (primary N) is 1. The Bertz CT molecular complexity index is 1020. The van der Waals surface area contributed by atoms with Crippen LogP contribution in [0.25, 0.3) is 0 Å². The Morgan fingerprint density at radius 3 is 2.74 bits per heavy atom. The van der Waals surface area contributed by atoms with Gasteiger partial charge in [0.25, 0.3) is 11.9 Å². The molecule has 1 unspecified atom stereocenters. The lowest BCUT2D eigenvalue weighted by molar-refractivity contribution is 0.000287. The third-order valence-corrected chi connectivity index (χ3v) is 6.27. The van der Waals surface area contributed by atoms with Crippen molar-refractivity contribution in [2.75, 3.05) is 20.2 Å². The maximum Gasteiger partial charge on any atom is 0.282 e. The molecule has 6 atom stereocenters. The Hall–Kier alpha value is -3.22. The summed E-state index contributed by atoms with van der Waals surface area (Å²) in [7, 11) is 0. The predicted molar refractivity (Wildman–Crippen MR) is 110 cm³/mol. The van der Waals surface area contributed by atoms with Gasteiger partial charge in [-0.1, -0.05) is 0 Å². The van der Waals surface area contributed by atoms with Gasteiger partial charge in [0, 0.05) is 11.6 Å². The number of rotatable bonds is 7. The van der Waals surface area contributed by atoms with Gasteiger partial charge in [0.2, 0.25) is 12.7 Å². The van der Waals surface area contributed by atoms with Crippen LogP contribution in [0.3, 0.4) is 0 Å². The second-order valence-electron chi connectivity index (χ2n) is 8.16. The largest absolute Gasteiger partial charge is 0.459 e. The van der Waals surface area contributed by atoms with Crippen molar-refractivity contribution in [3.8, 4) is 5.88 Å². The third kappa shape index (κ3) is 4.19. The van der Waals surface area contributed by atoms with E-state index in [0.717, 1.165) is 18.5 Å². The Labute approximate surface area is 192 Å². The number of aromatic nitrogens is 2. The number of hydrogen-bond donors (Lipinski definition) is 2. The first-order valence-electron chi connectivity index (χ1n) is 10.5. The highest BCUT2D eigenvalue weighted by Crippen LogP contribution is 2.50. The Morgan fingerprint density at radius 1 is 1.29 bits per heavy atom. The fraction of sp³-hybridized carbons (Fsp3) is 0.524. The maximum absolute atomic E-state index is 15.1. The van der Waals surface area contributed by atoms with Crippen molar-refractivity contribution in [2.45, 2.75) is 37.2 Å². The molecule has 2 aliphatic heterocycles. The highest BCUT2D eigenvalue weighted by atomic mass is 19.1. The number of nitrogens with zero attached hydrogens (tertiary/aromatic N) is 3. The Balaban J connectivity index is 1.59. The number of allylic oxidation sites excluding steroid dienone is 3. The van der Waals surface area contributed by atoms with E-state index in [4.69, 9.17) is 15.2 Å². The number of carbonyl (C=O) groups is 1. The van der Waals surface area contributed by atoms with Crippen LogP contribution in [0.1, 0.15) is 23.8 Å². The van der Waals surface area contributed by atoms with Crippen LogP contribution in [0.4, 0.5) is 17.6 Å². The van der Waals surface area contributed by atoms with Gasteiger partial charge in [-0.2, -0.15) is 0 Å². The van der Waals surface area contributed by atoms with E-state index in [-0.39, 0.29) is 29.7 Å². The summed E-state index contributed by atoms with van der Waals surface area (Å²) in [5.74, 6) is -3.63. The van der Waals surface area contributed by atoms with Gasteiger partial charge in [-0.25, -0.2) is 32.5 Å². The Kier molecular flexibility index (Phi) is 6.73. The minimum atomic E-state index is -1.80. The molecule has 0 spiro atoms. The molecule has 1 aromatic rings. The molecule has 1 amide bonds. The average Bonchev–Trinajstić information content (AvgIpc) is 3.16. The third-order valence-electron chi connectivity index (χ3n) is 6.27. The van der Waals surface area contributed by atoms with Gasteiger partial charge in [-0.05, 0) is 25.5 Å². The van der Waals surface area contributed by atoms with Crippen LogP contribution in [0.5, 0.6) is 5.88 Å². The van der Waals surface area contributed by atoms with E-state index in [1.165, 1.54) is 6.08 Å². The van der Waals surface area contributed by atoms with Crippen molar-refractivity contribution in [3.63, 3.8) is 0 Å². The number of ether oxygens (including phenoxy) is 3. The van der Waals surface area contributed by atoms with Gasteiger partial charge in [0.15, 0.2) is 0 Å². The number of alkyl halides is 3. The molecule has 3 heterocycles. The van der Waals surface area contributed by atoms with E-state index in [0.29, 0.717) is 0 Å². The van der Waals surface area contributed by atoms with Crippen LogP contribution in [0, 0.1) is 11.8 Å². The van der Waals surface area contributed by atoms with Gasteiger partial charge in [0.1, 0.15) is 36.5 Å². The molecular weight excluding hydrogens is 462 g/mol. The van der Waals surface area contributed by atoms with E-state index in [2.05, 4.69) is 25.0 Å². The van der Waals surface area contributed by atoms with Crippen molar-refractivity contribution in [1.82, 2.24) is 15.3 Å². The van der Waals surface area contributed by atoms with E-state index in [1.807, 2.05) is 0 Å². The van der Waals surface area contributed by atoms with Crippen LogP contribution in [0.15, 0.2) is 41.1 Å². The summed E-state index contributed by atoms with van der Waals surface area (Å²) in [4.78, 5) is 24.3. The summed E-state index contributed by atoms with van der Waals surface area (Å²) in [5, 5.41) is 2.58. The van der Waals surface area contributed by atoms with Gasteiger partial charge in [-0.3, -0.25) is 4.79 Å². The summed E-state index contributed by atoms with van der Waals surface area (Å²) in [5.41, 5.74) is 4.14. The molecule has 4 rings (SSSR count). The van der Waals surface area contributed by atoms with Crippen LogP contribution in [-0.2, 0) is 9.47 Å². The van der Waals surface area contributed by atoms with Crippen LogP contribution in [-0.4, -0.2) is 66.0 Å². The smallest absolute Gasteiger partial charge is 0.282 e. The first-order chi connectivity index (χ1) is 16.3. The number of nitrogens with one attached hydrogen (secondary N) is 1. The fourth-order valence-electron chi connectivity index (χ4n) is 4.78. The molecule has 0 radical (unpaired) electrons. The number of amidine groups is 1. The Morgan fingerprint density at radius 2 is 2.09 bits per heavy atom. The quantitative estimate of drug-likeness (QED) is 0.567. The van der Waals surface area contributed by atoms with Crippen molar-refractivity contribution in [2.24, 2.45) is 22.6 Å². The molecule has 9 nitrogen and oxygen atoms in total. The molecular formula is C21H23F4N5O4. The second kappa shape index (κ2) is 9.57. The van der Waals surface area contributed by atoms with E-state index >= 15 is 4.39 Å². The molecule has 184 valence electrons. The zero-order valence-electron chi connectivity index (χ0n) is 18.1. The fourth-order valence-corrected chi connectivity index (χ4v) is 4.78. The topological polar surface area (TPSA) is 121 Å². The second-order valence-corrected chi connectivity index (χ2v) is 8.16. The number of halogens is 4. The molecule has 0 aromatic carbocycles. The first-order valence-corrected chi connectivity index (χ1v) is 10.5. The number of fused-ring (bicyclic) bond motifs is 1. The normalized spacial score (nSPS) is 32.6. The first kappa shape index (κ1) is 23.9. The molecule has 13 heteroatoms. The van der Waals surface area contributed by atoms with E-state index in [9.17, 15) is 18.0 Å². The summed E-state index contributed by atoms with van der Waals surface area (Å²) in [6.45, 7) is -1.56. The lowest BCUT2D eigenvalue weighted by atomic mass is 9.67. The van der Waals surface area contributed by atoms with E-state index < -0.39 is 67.6 Å². The zero-order chi connectivity index (χ0) is 24.5. The summed E-state index contributed by atoms with van der Waals surface area (Å²) >= 11 is 0. The SMILES string of the molecule is C[C@H]1O[C@@H](CF)[C@H]2[C@@H]1OC(N)=N[C@]2(CF)C1CC(NC(=O)c2cnc(OCF)cn2)=CC=C1F.